The molecule has 0 radical (unpaired) electrons. The molecule has 1 N–H and O–H groups in total. The van der Waals surface area contributed by atoms with Gasteiger partial charge in [0.2, 0.25) is 0 Å². The molecule has 1 rings (SSSR count). The molecule has 0 aromatic heterocycles. The van der Waals surface area contributed by atoms with E-state index < -0.39 is 0 Å². The number of carbonyl (C=O) groups is 1. The second-order valence-electron chi connectivity index (χ2n) is 4.81. The first-order chi connectivity index (χ1) is 11.1. The number of rotatable bonds is 8. The summed E-state index contributed by atoms with van der Waals surface area (Å²) in [4.78, 5) is 13.8. The minimum Gasteiger partial charge on any atom is -0.495 e. The molecule has 0 bridgehead atoms. The fourth-order valence-corrected chi connectivity index (χ4v) is 1.95. The number of amides is 1. The van der Waals surface area contributed by atoms with Gasteiger partial charge in [-0.25, -0.2) is 0 Å². The van der Waals surface area contributed by atoms with Crippen LogP contribution in [0.25, 0.3) is 0 Å². The Labute approximate surface area is 137 Å². The predicted molar refractivity (Wildman–Crippen MR) is 92.0 cm³/mol. The van der Waals surface area contributed by atoms with Gasteiger partial charge in [-0.1, -0.05) is 18.2 Å². The molecular weight excluding hydrogens is 290 g/mol. The number of hydrogen-bond acceptors (Lipinski definition) is 4. The summed E-state index contributed by atoms with van der Waals surface area (Å²) >= 11 is 0. The standard InChI is InChI=1S/C18H21N3O2/c1-5-9-21(10-6-2)18(22)15(12-19)13-20-16-11-14(3)7-8-17(16)23-4/h5-8,11,13,20H,1-2,9-10H2,3-4H3/b15-13-. The van der Waals surface area contributed by atoms with Crippen molar-refractivity contribution in [3.8, 4) is 11.8 Å². The van der Waals surface area contributed by atoms with Gasteiger partial charge in [0.05, 0.1) is 12.8 Å². The topological polar surface area (TPSA) is 65.4 Å². The van der Waals surface area contributed by atoms with Crippen molar-refractivity contribution in [2.45, 2.75) is 6.92 Å². The van der Waals surface area contributed by atoms with Crippen LogP contribution in [0.4, 0.5) is 5.69 Å². The Hall–Kier alpha value is -3.00. The maximum atomic E-state index is 12.4. The molecule has 1 amide bonds. The second kappa shape index (κ2) is 9.11. The van der Waals surface area contributed by atoms with E-state index in [1.807, 2.05) is 31.2 Å². The van der Waals surface area contributed by atoms with E-state index in [0.717, 1.165) is 5.56 Å². The van der Waals surface area contributed by atoms with E-state index in [2.05, 4.69) is 18.5 Å². The largest absolute Gasteiger partial charge is 0.495 e. The molecule has 23 heavy (non-hydrogen) atoms. The lowest BCUT2D eigenvalue weighted by Gasteiger charge is -2.18. The van der Waals surface area contributed by atoms with Crippen molar-refractivity contribution in [1.29, 1.82) is 5.26 Å². The average Bonchev–Trinajstić information content (AvgIpc) is 2.55. The van der Waals surface area contributed by atoms with Crippen molar-refractivity contribution in [3.05, 3.63) is 60.8 Å². The highest BCUT2D eigenvalue weighted by molar-refractivity contribution is 5.97. The maximum absolute atomic E-state index is 12.4. The van der Waals surface area contributed by atoms with Crippen LogP contribution in [-0.2, 0) is 4.79 Å². The van der Waals surface area contributed by atoms with Gasteiger partial charge >= 0.3 is 0 Å². The number of aryl methyl sites for hydroxylation is 1. The first-order valence-corrected chi connectivity index (χ1v) is 7.09. The fourth-order valence-electron chi connectivity index (χ4n) is 1.95. The van der Waals surface area contributed by atoms with Gasteiger partial charge in [-0.2, -0.15) is 5.26 Å². The summed E-state index contributed by atoms with van der Waals surface area (Å²) in [5.41, 5.74) is 1.72. The third-order valence-corrected chi connectivity index (χ3v) is 3.06. The van der Waals surface area contributed by atoms with Crippen LogP contribution in [0.2, 0.25) is 0 Å². The summed E-state index contributed by atoms with van der Waals surface area (Å²) < 4.78 is 5.25. The molecule has 0 saturated heterocycles. The lowest BCUT2D eigenvalue weighted by atomic mass is 10.2. The smallest absolute Gasteiger partial charge is 0.266 e. The van der Waals surface area contributed by atoms with Crippen LogP contribution in [-0.4, -0.2) is 31.0 Å². The molecule has 5 heteroatoms. The Balaban J connectivity index is 3.01. The SMILES string of the molecule is C=CCN(CC=C)C(=O)/C(C#N)=C\Nc1cc(C)ccc1OC. The minimum absolute atomic E-state index is 0.00254. The predicted octanol–water partition coefficient (Wildman–Crippen LogP) is 3.02. The molecule has 120 valence electrons. The Morgan fingerprint density at radius 2 is 2.04 bits per heavy atom. The molecule has 0 heterocycles. The van der Waals surface area contributed by atoms with E-state index in [-0.39, 0.29) is 11.5 Å². The van der Waals surface area contributed by atoms with E-state index in [4.69, 9.17) is 4.74 Å². The van der Waals surface area contributed by atoms with Gasteiger partial charge in [0.15, 0.2) is 0 Å². The lowest BCUT2D eigenvalue weighted by Crippen LogP contribution is -2.32. The molecule has 0 aliphatic rings. The molecule has 1 aromatic carbocycles. The maximum Gasteiger partial charge on any atom is 0.266 e. The third-order valence-electron chi connectivity index (χ3n) is 3.06. The zero-order valence-corrected chi connectivity index (χ0v) is 13.5. The van der Waals surface area contributed by atoms with Crippen molar-refractivity contribution >= 4 is 11.6 Å². The summed E-state index contributed by atoms with van der Waals surface area (Å²) in [7, 11) is 1.56. The van der Waals surface area contributed by atoms with Gasteiger partial charge in [-0.05, 0) is 24.6 Å². The van der Waals surface area contributed by atoms with Crippen molar-refractivity contribution in [1.82, 2.24) is 4.90 Å². The van der Waals surface area contributed by atoms with Crippen LogP contribution in [0.5, 0.6) is 5.75 Å². The summed E-state index contributed by atoms with van der Waals surface area (Å²) in [6, 6.07) is 7.53. The van der Waals surface area contributed by atoms with Gasteiger partial charge < -0.3 is 15.0 Å². The van der Waals surface area contributed by atoms with Crippen LogP contribution in [0, 0.1) is 18.3 Å². The van der Waals surface area contributed by atoms with Gasteiger partial charge in [0.25, 0.3) is 5.91 Å². The van der Waals surface area contributed by atoms with Gasteiger partial charge in [0, 0.05) is 19.3 Å². The van der Waals surface area contributed by atoms with Crippen LogP contribution in [0.15, 0.2) is 55.3 Å². The molecule has 0 aliphatic carbocycles. The Morgan fingerprint density at radius 1 is 1.39 bits per heavy atom. The molecule has 0 saturated carbocycles. The van der Waals surface area contributed by atoms with Gasteiger partial charge in [-0.3, -0.25) is 4.79 Å². The average molecular weight is 311 g/mol. The molecule has 0 atom stereocenters. The molecule has 1 aromatic rings. The molecule has 0 unspecified atom stereocenters. The van der Waals surface area contributed by atoms with Crippen molar-refractivity contribution in [2.24, 2.45) is 0 Å². The first-order valence-electron chi connectivity index (χ1n) is 7.09. The number of nitriles is 1. The van der Waals surface area contributed by atoms with Crippen LogP contribution in [0.1, 0.15) is 5.56 Å². The van der Waals surface area contributed by atoms with E-state index in [1.54, 1.807) is 19.3 Å². The van der Waals surface area contributed by atoms with E-state index in [0.29, 0.717) is 24.5 Å². The molecule has 5 nitrogen and oxygen atoms in total. The van der Waals surface area contributed by atoms with Crippen molar-refractivity contribution < 1.29 is 9.53 Å². The summed E-state index contributed by atoms with van der Waals surface area (Å²) in [5.74, 6) is 0.247. The van der Waals surface area contributed by atoms with E-state index >= 15 is 0 Å². The third kappa shape index (κ3) is 5.04. The zero-order chi connectivity index (χ0) is 17.2. The number of carbonyl (C=O) groups excluding carboxylic acids is 1. The molecule has 0 spiro atoms. The first kappa shape index (κ1) is 18.1. The van der Waals surface area contributed by atoms with Crippen LogP contribution >= 0.6 is 0 Å². The lowest BCUT2D eigenvalue weighted by molar-refractivity contribution is -0.125. The number of ether oxygens (including phenoxy) is 1. The van der Waals surface area contributed by atoms with E-state index in [9.17, 15) is 10.1 Å². The summed E-state index contributed by atoms with van der Waals surface area (Å²) in [5, 5.41) is 12.2. The van der Waals surface area contributed by atoms with Crippen LogP contribution in [0.3, 0.4) is 0 Å². The second-order valence-corrected chi connectivity index (χ2v) is 4.81. The number of nitrogens with zero attached hydrogens (tertiary/aromatic N) is 2. The summed E-state index contributed by atoms with van der Waals surface area (Å²) in [6.45, 7) is 9.86. The molecule has 0 aliphatic heterocycles. The zero-order valence-electron chi connectivity index (χ0n) is 13.5. The van der Waals surface area contributed by atoms with Crippen molar-refractivity contribution in [3.63, 3.8) is 0 Å². The number of anilines is 1. The van der Waals surface area contributed by atoms with Crippen molar-refractivity contribution in [2.75, 3.05) is 25.5 Å². The molecular formula is C18H21N3O2. The monoisotopic (exact) mass is 311 g/mol. The quantitative estimate of drug-likeness (QED) is 0.455. The number of nitrogens with one attached hydrogen (secondary N) is 1. The number of methoxy groups -OCH3 is 1. The highest BCUT2D eigenvalue weighted by Gasteiger charge is 2.16. The Kier molecular flexibility index (Phi) is 7.15. The van der Waals surface area contributed by atoms with E-state index in [1.165, 1.54) is 11.1 Å². The van der Waals surface area contributed by atoms with Gasteiger partial charge in [0.1, 0.15) is 17.4 Å². The Morgan fingerprint density at radius 3 is 2.57 bits per heavy atom. The summed E-state index contributed by atoms with van der Waals surface area (Å²) in [6.07, 6.45) is 4.60. The highest BCUT2D eigenvalue weighted by Crippen LogP contribution is 2.25. The van der Waals surface area contributed by atoms with Crippen LogP contribution < -0.4 is 10.1 Å². The molecule has 0 fully saturated rings. The number of hydrogen-bond donors (Lipinski definition) is 1. The normalized spacial score (nSPS) is 10.4. The minimum atomic E-state index is -0.383. The Bertz CT molecular complexity index is 647. The fraction of sp³-hybridized carbons (Fsp3) is 0.222. The number of benzene rings is 1. The highest BCUT2D eigenvalue weighted by atomic mass is 16.5. The van der Waals surface area contributed by atoms with Gasteiger partial charge in [-0.15, -0.1) is 13.2 Å².